The van der Waals surface area contributed by atoms with Gasteiger partial charge in [-0.05, 0) is 29.2 Å². The van der Waals surface area contributed by atoms with E-state index >= 15 is 0 Å². The predicted molar refractivity (Wildman–Crippen MR) is 104 cm³/mol. The van der Waals surface area contributed by atoms with Gasteiger partial charge in [-0.1, -0.05) is 39.0 Å². The van der Waals surface area contributed by atoms with Gasteiger partial charge in [0.2, 0.25) is 0 Å². The van der Waals surface area contributed by atoms with Gasteiger partial charge in [-0.3, -0.25) is 9.59 Å². The van der Waals surface area contributed by atoms with Gasteiger partial charge >= 0.3 is 5.97 Å². The second kappa shape index (κ2) is 8.00. The average Bonchev–Trinajstić information content (AvgIpc) is 2.55. The Morgan fingerprint density at radius 2 is 1.89 bits per heavy atom. The second-order valence-corrected chi connectivity index (χ2v) is 9.50. The lowest BCUT2D eigenvalue weighted by atomic mass is 9.86. The number of hydrogen-bond donors (Lipinski definition) is 0. The summed E-state index contributed by atoms with van der Waals surface area (Å²) in [5.74, 6) is -0.719. The molecule has 0 bridgehead atoms. The summed E-state index contributed by atoms with van der Waals surface area (Å²) in [6, 6.07) is 10.3. The summed E-state index contributed by atoms with van der Waals surface area (Å²) in [6.07, 6.45) is 2.76. The van der Waals surface area contributed by atoms with Gasteiger partial charge in [0.1, 0.15) is 10.8 Å². The number of benzene rings is 1. The molecule has 1 unspecified atom stereocenters. The Balaban J connectivity index is 2.35. The highest BCUT2D eigenvalue weighted by atomic mass is 32.2. The summed E-state index contributed by atoms with van der Waals surface area (Å²) in [5.41, 5.74) is 1.35. The molecule has 6 nitrogen and oxygen atoms in total. The van der Waals surface area contributed by atoms with E-state index in [0.29, 0.717) is 11.3 Å². The van der Waals surface area contributed by atoms with E-state index in [1.165, 1.54) is 19.4 Å². The molecule has 0 N–H and O–H groups in total. The van der Waals surface area contributed by atoms with Gasteiger partial charge in [-0.15, -0.1) is 0 Å². The number of esters is 1. The van der Waals surface area contributed by atoms with Crippen LogP contribution < -0.4 is 4.74 Å². The molecule has 2 rings (SSSR count). The van der Waals surface area contributed by atoms with E-state index in [-0.39, 0.29) is 16.9 Å². The minimum atomic E-state index is -2.94. The van der Waals surface area contributed by atoms with Crippen molar-refractivity contribution in [1.82, 2.24) is 4.98 Å². The van der Waals surface area contributed by atoms with Crippen molar-refractivity contribution in [2.24, 2.45) is 4.36 Å². The fourth-order valence-corrected chi connectivity index (χ4v) is 3.56. The Labute approximate surface area is 160 Å². The first-order chi connectivity index (χ1) is 12.5. The number of amides is 1. The van der Waals surface area contributed by atoms with E-state index in [1.54, 1.807) is 30.3 Å². The van der Waals surface area contributed by atoms with Crippen LogP contribution in [0.1, 0.15) is 38.8 Å². The normalized spacial score (nSPS) is 13.5. The molecule has 0 aliphatic heterocycles. The molecular weight excluding hydrogens is 364 g/mol. The smallest absolute Gasteiger partial charge is 0.308 e. The molecule has 0 saturated heterocycles. The molecule has 0 saturated carbocycles. The predicted octanol–water partition coefficient (Wildman–Crippen LogP) is 3.53. The van der Waals surface area contributed by atoms with Crippen LogP contribution in [0.5, 0.6) is 5.75 Å². The van der Waals surface area contributed by atoms with Gasteiger partial charge in [0.05, 0.1) is 16.1 Å². The topological polar surface area (TPSA) is 85.7 Å². The molecule has 0 aliphatic carbocycles. The van der Waals surface area contributed by atoms with Crippen molar-refractivity contribution in [1.29, 1.82) is 0 Å². The summed E-state index contributed by atoms with van der Waals surface area (Å²) in [5, 5.41) is 0.252. The van der Waals surface area contributed by atoms with Gasteiger partial charge in [-0.25, -0.2) is 9.19 Å². The van der Waals surface area contributed by atoms with Crippen molar-refractivity contribution < 1.29 is 18.5 Å². The first-order valence-corrected chi connectivity index (χ1v) is 10.4. The van der Waals surface area contributed by atoms with Crippen molar-refractivity contribution in [3.8, 4) is 5.75 Å². The van der Waals surface area contributed by atoms with Crippen LogP contribution in [0.15, 0.2) is 52.0 Å². The standard InChI is InChI=1S/C20H24N2O4S/c1-14(23)26-17-13-16(20(2,3)4)10-9-15(17)12-18(24)22-27(5,25)19-8-6-7-11-21-19/h6-11,13H,12H2,1-5H3. The van der Waals surface area contributed by atoms with Crippen LogP contribution in [0.2, 0.25) is 0 Å². The van der Waals surface area contributed by atoms with Crippen molar-refractivity contribution >= 4 is 21.6 Å². The molecule has 1 aromatic carbocycles. The second-order valence-electron chi connectivity index (χ2n) is 7.30. The first-order valence-electron chi connectivity index (χ1n) is 8.47. The van der Waals surface area contributed by atoms with E-state index in [2.05, 4.69) is 9.35 Å². The number of hydrogen-bond acceptors (Lipinski definition) is 5. The lowest BCUT2D eigenvalue weighted by molar-refractivity contribution is -0.132. The van der Waals surface area contributed by atoms with Crippen LogP contribution in [0.25, 0.3) is 0 Å². The molecule has 0 spiro atoms. The van der Waals surface area contributed by atoms with E-state index in [4.69, 9.17) is 4.74 Å². The number of pyridine rings is 1. The highest BCUT2D eigenvalue weighted by Crippen LogP contribution is 2.29. The maximum Gasteiger partial charge on any atom is 0.308 e. The maximum atomic E-state index is 12.7. The molecule has 27 heavy (non-hydrogen) atoms. The summed E-state index contributed by atoms with van der Waals surface area (Å²) < 4.78 is 21.8. The lowest BCUT2D eigenvalue weighted by Crippen LogP contribution is -2.14. The highest BCUT2D eigenvalue weighted by Gasteiger charge is 2.19. The molecule has 2 aromatic rings. The van der Waals surface area contributed by atoms with Crippen LogP contribution in [-0.2, 0) is 31.2 Å². The van der Waals surface area contributed by atoms with Gasteiger partial charge < -0.3 is 4.74 Å². The number of carbonyl (C=O) groups is 2. The van der Waals surface area contributed by atoms with Gasteiger partial charge in [0.15, 0.2) is 0 Å². The third-order valence-corrected chi connectivity index (χ3v) is 5.40. The van der Waals surface area contributed by atoms with Gasteiger partial charge in [0.25, 0.3) is 5.91 Å². The SMILES string of the molecule is CC(=O)Oc1cc(C(C)(C)C)ccc1CC(=O)N=S(C)(=O)c1ccccn1. The Kier molecular flexibility index (Phi) is 6.15. The highest BCUT2D eigenvalue weighted by molar-refractivity contribution is 7.93. The number of nitrogens with zero attached hydrogens (tertiary/aromatic N) is 2. The molecular formula is C20H24N2O4S. The quantitative estimate of drug-likeness (QED) is 0.591. The average molecular weight is 388 g/mol. The number of ether oxygens (including phenoxy) is 1. The Hall–Kier alpha value is -2.54. The molecule has 1 amide bonds. The Morgan fingerprint density at radius 1 is 1.19 bits per heavy atom. The zero-order chi connectivity index (χ0) is 20.2. The number of rotatable bonds is 4. The Bertz CT molecular complexity index is 969. The summed E-state index contributed by atoms with van der Waals surface area (Å²) in [6.45, 7) is 7.43. The van der Waals surface area contributed by atoms with E-state index in [9.17, 15) is 13.8 Å². The fraction of sp³-hybridized carbons (Fsp3) is 0.350. The summed E-state index contributed by atoms with van der Waals surface area (Å²) in [7, 11) is -2.94. The van der Waals surface area contributed by atoms with Crippen molar-refractivity contribution in [3.63, 3.8) is 0 Å². The van der Waals surface area contributed by atoms with Crippen molar-refractivity contribution in [3.05, 3.63) is 53.7 Å². The van der Waals surface area contributed by atoms with Crippen LogP contribution in [-0.4, -0.2) is 27.3 Å². The molecule has 144 valence electrons. The van der Waals surface area contributed by atoms with Gasteiger partial charge in [0, 0.05) is 24.9 Å². The number of carbonyl (C=O) groups excluding carboxylic acids is 2. The van der Waals surface area contributed by atoms with Crippen molar-refractivity contribution in [2.45, 2.75) is 44.6 Å². The zero-order valence-corrected chi connectivity index (χ0v) is 17.0. The minimum absolute atomic E-state index is 0.120. The minimum Gasteiger partial charge on any atom is -0.426 e. The Morgan fingerprint density at radius 3 is 2.44 bits per heavy atom. The third-order valence-electron chi connectivity index (χ3n) is 3.83. The lowest BCUT2D eigenvalue weighted by Gasteiger charge is -2.20. The van der Waals surface area contributed by atoms with Crippen molar-refractivity contribution in [2.75, 3.05) is 6.26 Å². The summed E-state index contributed by atoms with van der Waals surface area (Å²) in [4.78, 5) is 27.9. The van der Waals surface area contributed by atoms with E-state index in [0.717, 1.165) is 5.56 Å². The van der Waals surface area contributed by atoms with Crippen LogP contribution in [0, 0.1) is 0 Å². The van der Waals surface area contributed by atoms with Crippen LogP contribution in [0.3, 0.4) is 0 Å². The molecule has 0 aliphatic rings. The molecule has 1 atom stereocenters. The zero-order valence-electron chi connectivity index (χ0n) is 16.2. The molecule has 0 radical (unpaired) electrons. The summed E-state index contributed by atoms with van der Waals surface area (Å²) >= 11 is 0. The largest absolute Gasteiger partial charge is 0.426 e. The monoisotopic (exact) mass is 388 g/mol. The molecule has 7 heteroatoms. The van der Waals surface area contributed by atoms with Gasteiger partial charge in [-0.2, -0.15) is 4.36 Å². The third kappa shape index (κ3) is 5.72. The van der Waals surface area contributed by atoms with E-state index in [1.807, 2.05) is 26.8 Å². The maximum absolute atomic E-state index is 12.7. The molecule has 1 heterocycles. The molecule has 0 fully saturated rings. The molecule has 1 aromatic heterocycles. The van der Waals surface area contributed by atoms with E-state index < -0.39 is 21.6 Å². The number of aromatic nitrogens is 1. The first kappa shape index (κ1) is 20.8. The fourth-order valence-electron chi connectivity index (χ4n) is 2.42. The van der Waals surface area contributed by atoms with Crippen LogP contribution >= 0.6 is 0 Å². The van der Waals surface area contributed by atoms with Crippen LogP contribution in [0.4, 0.5) is 0 Å².